The van der Waals surface area contributed by atoms with Crippen molar-refractivity contribution in [2.75, 3.05) is 12.3 Å². The second-order valence-corrected chi connectivity index (χ2v) is 8.23. The summed E-state index contributed by atoms with van der Waals surface area (Å²) < 4.78 is 0. The molecule has 1 aromatic carbocycles. The van der Waals surface area contributed by atoms with Crippen molar-refractivity contribution in [3.05, 3.63) is 57.2 Å². The molecule has 7 heteroatoms. The van der Waals surface area contributed by atoms with Crippen LogP contribution in [0.3, 0.4) is 0 Å². The van der Waals surface area contributed by atoms with E-state index in [9.17, 15) is 4.79 Å². The Kier molecular flexibility index (Phi) is 6.31. The minimum atomic E-state index is 0.00822. The fourth-order valence-corrected chi connectivity index (χ4v) is 4.45. The molecule has 0 saturated carbocycles. The first kappa shape index (κ1) is 17.5. The third-order valence-corrected chi connectivity index (χ3v) is 6.06. The Labute approximate surface area is 158 Å². The second-order valence-electron chi connectivity index (χ2n) is 4.99. The molecule has 3 nitrogen and oxygen atoms in total. The Morgan fingerprint density at radius 1 is 1.21 bits per heavy atom. The number of benzene rings is 1. The molecular formula is C17H15ClN2OS3. The number of amides is 1. The van der Waals surface area contributed by atoms with Gasteiger partial charge in [-0.15, -0.1) is 23.1 Å². The average Bonchev–Trinajstić information content (AvgIpc) is 3.24. The molecule has 0 spiro atoms. The summed E-state index contributed by atoms with van der Waals surface area (Å²) in [7, 11) is 0. The summed E-state index contributed by atoms with van der Waals surface area (Å²) in [4.78, 5) is 17.7. The molecule has 0 aliphatic heterocycles. The zero-order chi connectivity index (χ0) is 16.8. The lowest BCUT2D eigenvalue weighted by Gasteiger charge is -2.04. The fraction of sp³-hybridized carbons (Fsp3) is 0.176. The van der Waals surface area contributed by atoms with Gasteiger partial charge in [-0.2, -0.15) is 11.3 Å². The Bertz CT molecular complexity index is 785. The maximum atomic E-state index is 12.0. The van der Waals surface area contributed by atoms with E-state index in [1.807, 2.05) is 41.1 Å². The summed E-state index contributed by atoms with van der Waals surface area (Å²) in [6, 6.07) is 9.75. The smallest absolute Gasteiger partial charge is 0.226 e. The summed E-state index contributed by atoms with van der Waals surface area (Å²) in [6.45, 7) is 0.633. The molecule has 0 fully saturated rings. The van der Waals surface area contributed by atoms with Gasteiger partial charge in [0.2, 0.25) is 5.91 Å². The number of hydrogen-bond acceptors (Lipinski definition) is 5. The number of aromatic nitrogens is 1. The van der Waals surface area contributed by atoms with Gasteiger partial charge in [0.15, 0.2) is 0 Å². The fourth-order valence-electron chi connectivity index (χ4n) is 2.02. The van der Waals surface area contributed by atoms with E-state index in [-0.39, 0.29) is 5.91 Å². The van der Waals surface area contributed by atoms with E-state index in [0.29, 0.717) is 13.0 Å². The maximum Gasteiger partial charge on any atom is 0.226 e. The van der Waals surface area contributed by atoms with Crippen LogP contribution in [0.1, 0.15) is 5.69 Å². The number of nitrogens with zero attached hydrogens (tertiary/aromatic N) is 1. The largest absolute Gasteiger partial charge is 0.355 e. The molecule has 3 rings (SSSR count). The molecule has 0 aliphatic carbocycles. The van der Waals surface area contributed by atoms with Gasteiger partial charge in [-0.1, -0.05) is 11.6 Å². The lowest BCUT2D eigenvalue weighted by atomic mass is 10.3. The van der Waals surface area contributed by atoms with Crippen molar-refractivity contribution >= 4 is 51.9 Å². The minimum absolute atomic E-state index is 0.00822. The van der Waals surface area contributed by atoms with Crippen molar-refractivity contribution in [1.29, 1.82) is 0 Å². The number of thioether (sulfide) groups is 1. The van der Waals surface area contributed by atoms with E-state index in [2.05, 4.69) is 15.7 Å². The number of thiazole rings is 1. The molecule has 2 aromatic heterocycles. The van der Waals surface area contributed by atoms with Crippen LogP contribution in [0.25, 0.3) is 10.6 Å². The molecule has 1 N–H and O–H groups in total. The van der Waals surface area contributed by atoms with Gasteiger partial charge in [-0.3, -0.25) is 4.79 Å². The van der Waals surface area contributed by atoms with Crippen LogP contribution < -0.4 is 5.32 Å². The minimum Gasteiger partial charge on any atom is -0.355 e. The Morgan fingerprint density at radius 3 is 2.79 bits per heavy atom. The van der Waals surface area contributed by atoms with Crippen LogP contribution in [0, 0.1) is 0 Å². The standard InChI is InChI=1S/C17H15ClN2OS3/c18-13-1-3-15(4-2-13)23-8-6-19-16(21)9-14-11-24-17(20-14)12-5-7-22-10-12/h1-5,7,10-11H,6,8-9H2,(H,19,21). The van der Waals surface area contributed by atoms with E-state index in [1.54, 1.807) is 34.4 Å². The van der Waals surface area contributed by atoms with Crippen LogP contribution in [-0.2, 0) is 11.2 Å². The lowest BCUT2D eigenvalue weighted by Crippen LogP contribution is -2.27. The van der Waals surface area contributed by atoms with Crippen molar-refractivity contribution in [3.8, 4) is 10.6 Å². The molecule has 3 aromatic rings. The van der Waals surface area contributed by atoms with E-state index >= 15 is 0 Å². The molecule has 0 saturated heterocycles. The first-order valence-corrected chi connectivity index (χ1v) is 10.5. The normalized spacial score (nSPS) is 10.7. The van der Waals surface area contributed by atoms with Gasteiger partial charge in [0.25, 0.3) is 0 Å². The Hall–Kier alpha value is -1.34. The molecule has 1 amide bonds. The van der Waals surface area contributed by atoms with Gasteiger partial charge in [0, 0.05) is 38.5 Å². The van der Waals surface area contributed by atoms with Gasteiger partial charge >= 0.3 is 0 Å². The quantitative estimate of drug-likeness (QED) is 0.454. The van der Waals surface area contributed by atoms with Crippen LogP contribution in [-0.4, -0.2) is 23.2 Å². The van der Waals surface area contributed by atoms with Gasteiger partial charge in [0.1, 0.15) is 5.01 Å². The Morgan fingerprint density at radius 2 is 2.04 bits per heavy atom. The third-order valence-electron chi connectivity index (χ3n) is 3.17. The highest BCUT2D eigenvalue weighted by atomic mass is 35.5. The molecule has 0 radical (unpaired) electrons. The second kappa shape index (κ2) is 8.67. The highest BCUT2D eigenvalue weighted by Gasteiger charge is 2.09. The molecule has 2 heterocycles. The number of carbonyl (C=O) groups is 1. The average molecular weight is 395 g/mol. The van der Waals surface area contributed by atoms with Crippen LogP contribution in [0.2, 0.25) is 5.02 Å². The van der Waals surface area contributed by atoms with E-state index in [1.165, 1.54) is 0 Å². The van der Waals surface area contributed by atoms with E-state index in [4.69, 9.17) is 11.6 Å². The van der Waals surface area contributed by atoms with Gasteiger partial charge in [-0.25, -0.2) is 4.98 Å². The van der Waals surface area contributed by atoms with Crippen molar-refractivity contribution in [3.63, 3.8) is 0 Å². The van der Waals surface area contributed by atoms with E-state index in [0.717, 1.165) is 31.9 Å². The predicted octanol–water partition coefficient (Wildman–Crippen LogP) is 4.98. The summed E-state index contributed by atoms with van der Waals surface area (Å²) in [5.74, 6) is 0.832. The SMILES string of the molecule is O=C(Cc1csc(-c2ccsc2)n1)NCCSc1ccc(Cl)cc1. The Balaban J connectivity index is 1.40. The molecule has 0 unspecified atom stereocenters. The maximum absolute atomic E-state index is 12.0. The number of rotatable bonds is 7. The van der Waals surface area contributed by atoms with Crippen LogP contribution >= 0.6 is 46.0 Å². The number of hydrogen-bond donors (Lipinski definition) is 1. The number of carbonyl (C=O) groups excluding carboxylic acids is 1. The van der Waals surface area contributed by atoms with E-state index < -0.39 is 0 Å². The van der Waals surface area contributed by atoms with Gasteiger partial charge < -0.3 is 5.32 Å². The third kappa shape index (κ3) is 5.08. The van der Waals surface area contributed by atoms with Crippen molar-refractivity contribution in [1.82, 2.24) is 10.3 Å². The summed E-state index contributed by atoms with van der Waals surface area (Å²) in [6.07, 6.45) is 0.326. The van der Waals surface area contributed by atoms with Crippen molar-refractivity contribution < 1.29 is 4.79 Å². The molecular weight excluding hydrogens is 380 g/mol. The zero-order valence-electron chi connectivity index (χ0n) is 12.7. The molecule has 0 bridgehead atoms. The van der Waals surface area contributed by atoms with Crippen LogP contribution in [0.15, 0.2) is 51.4 Å². The van der Waals surface area contributed by atoms with Crippen LogP contribution in [0.5, 0.6) is 0 Å². The number of nitrogens with one attached hydrogen (secondary N) is 1. The predicted molar refractivity (Wildman–Crippen MR) is 104 cm³/mol. The number of halogens is 1. The molecule has 124 valence electrons. The summed E-state index contributed by atoms with van der Waals surface area (Å²) >= 11 is 10.8. The van der Waals surface area contributed by atoms with Gasteiger partial charge in [-0.05, 0) is 35.7 Å². The van der Waals surface area contributed by atoms with Crippen molar-refractivity contribution in [2.24, 2.45) is 0 Å². The monoisotopic (exact) mass is 394 g/mol. The van der Waals surface area contributed by atoms with Crippen LogP contribution in [0.4, 0.5) is 0 Å². The van der Waals surface area contributed by atoms with Gasteiger partial charge in [0.05, 0.1) is 12.1 Å². The highest BCUT2D eigenvalue weighted by Crippen LogP contribution is 2.25. The summed E-state index contributed by atoms with van der Waals surface area (Å²) in [5, 5.41) is 10.7. The highest BCUT2D eigenvalue weighted by molar-refractivity contribution is 7.99. The molecule has 0 aliphatic rings. The van der Waals surface area contributed by atoms with Crippen molar-refractivity contribution in [2.45, 2.75) is 11.3 Å². The first-order valence-electron chi connectivity index (χ1n) is 7.33. The lowest BCUT2D eigenvalue weighted by molar-refractivity contribution is -0.120. The number of thiophene rings is 1. The summed E-state index contributed by atoms with van der Waals surface area (Å²) in [5.41, 5.74) is 1.94. The molecule has 0 atom stereocenters. The molecule has 24 heavy (non-hydrogen) atoms. The zero-order valence-corrected chi connectivity index (χ0v) is 15.9. The topological polar surface area (TPSA) is 42.0 Å². The first-order chi connectivity index (χ1) is 11.7.